The van der Waals surface area contributed by atoms with Gasteiger partial charge in [-0.3, -0.25) is 0 Å². The van der Waals surface area contributed by atoms with Crippen molar-refractivity contribution in [3.63, 3.8) is 0 Å². The van der Waals surface area contributed by atoms with Crippen LogP contribution in [0.2, 0.25) is 0 Å². The molecule has 0 bridgehead atoms. The summed E-state index contributed by atoms with van der Waals surface area (Å²) in [4.78, 5) is 8.49. The van der Waals surface area contributed by atoms with Gasteiger partial charge in [-0.05, 0) is 119 Å². The van der Waals surface area contributed by atoms with Crippen LogP contribution in [0.25, 0.3) is 103 Å². The summed E-state index contributed by atoms with van der Waals surface area (Å²) in [6, 6.07) is 85.7. The number of rotatable bonds is 10. The van der Waals surface area contributed by atoms with Crippen molar-refractivity contribution in [1.29, 1.82) is 5.26 Å². The van der Waals surface area contributed by atoms with E-state index in [-0.39, 0.29) is 0 Å². The highest BCUT2D eigenvalue weighted by atomic mass is 15.2. The monoisotopic (exact) mass is 1020 g/mol. The molecule has 0 unspecified atom stereocenters. The van der Waals surface area contributed by atoms with E-state index >= 15 is 0 Å². The first kappa shape index (κ1) is 46.9. The van der Waals surface area contributed by atoms with Crippen LogP contribution in [0.4, 0.5) is 39.8 Å². The number of benzene rings is 11. The van der Waals surface area contributed by atoms with Crippen LogP contribution in [0.5, 0.6) is 0 Å². The van der Waals surface area contributed by atoms with E-state index in [2.05, 4.69) is 263 Å². The van der Waals surface area contributed by atoms with Crippen molar-refractivity contribution in [3.8, 4) is 28.3 Å². The van der Waals surface area contributed by atoms with Crippen molar-refractivity contribution in [1.82, 2.24) is 8.80 Å². The molecule has 15 aromatic rings. The van der Waals surface area contributed by atoms with Crippen molar-refractivity contribution >= 4 is 116 Å². The Balaban J connectivity index is 1.10. The summed E-state index contributed by atoms with van der Waals surface area (Å²) in [5.74, 6) is 0.784. The molecule has 0 fully saturated rings. The lowest BCUT2D eigenvalue weighted by atomic mass is 9.89. The van der Waals surface area contributed by atoms with Crippen molar-refractivity contribution < 1.29 is 0 Å². The van der Waals surface area contributed by atoms with Crippen LogP contribution in [0.15, 0.2) is 231 Å². The first-order valence-electron chi connectivity index (χ1n) is 27.6. The molecule has 0 aliphatic heterocycles. The number of aromatic nitrogens is 2. The number of anilines is 6. The fourth-order valence-corrected chi connectivity index (χ4v) is 13.1. The third-order valence-electron chi connectivity index (χ3n) is 16.7. The van der Waals surface area contributed by atoms with Gasteiger partial charge in [0.1, 0.15) is 0 Å². The zero-order valence-corrected chi connectivity index (χ0v) is 44.8. The molecular formula is C74H52N6. The van der Waals surface area contributed by atoms with Crippen molar-refractivity contribution in [2.75, 3.05) is 9.80 Å². The molecule has 0 amide bonds. The predicted molar refractivity (Wildman–Crippen MR) is 335 cm³/mol. The van der Waals surface area contributed by atoms with Gasteiger partial charge in [-0.2, -0.15) is 5.26 Å². The number of nitrogens with zero attached hydrogens (tertiary/aromatic N) is 6. The summed E-state index contributed by atoms with van der Waals surface area (Å²) in [6.45, 7) is 16.7. The lowest BCUT2D eigenvalue weighted by Crippen LogP contribution is -2.10. The molecule has 6 nitrogen and oxygen atoms in total. The van der Waals surface area contributed by atoms with Crippen LogP contribution in [0.3, 0.4) is 0 Å². The Labute approximate surface area is 463 Å². The molecule has 0 radical (unpaired) electrons. The van der Waals surface area contributed by atoms with E-state index in [1.807, 2.05) is 24.3 Å². The summed E-state index contributed by atoms with van der Waals surface area (Å²) in [5.41, 5.74) is 21.6. The molecular weight excluding hydrogens is 973 g/mol. The molecule has 11 aromatic carbocycles. The largest absolute Gasteiger partial charge is 0.310 e. The van der Waals surface area contributed by atoms with Crippen molar-refractivity contribution in [2.24, 2.45) is 0 Å². The lowest BCUT2D eigenvalue weighted by Gasteiger charge is -2.27. The maximum absolute atomic E-state index is 9.91. The van der Waals surface area contributed by atoms with E-state index in [1.54, 1.807) is 0 Å². The fourth-order valence-electron chi connectivity index (χ4n) is 13.1. The molecule has 80 heavy (non-hydrogen) atoms. The Kier molecular flexibility index (Phi) is 10.6. The van der Waals surface area contributed by atoms with Gasteiger partial charge < -0.3 is 18.6 Å². The van der Waals surface area contributed by atoms with Gasteiger partial charge in [-0.25, -0.2) is 4.85 Å². The molecule has 15 rings (SSSR count). The van der Waals surface area contributed by atoms with Gasteiger partial charge in [-0.1, -0.05) is 173 Å². The van der Waals surface area contributed by atoms with Crippen LogP contribution >= 0.6 is 0 Å². The topological polar surface area (TPSA) is 43.5 Å². The fraction of sp³-hybridized carbons (Fsp3) is 0.0811. The van der Waals surface area contributed by atoms with Crippen LogP contribution in [0.1, 0.15) is 56.2 Å². The molecule has 0 spiro atoms. The van der Waals surface area contributed by atoms with E-state index in [1.165, 1.54) is 76.6 Å². The van der Waals surface area contributed by atoms with Crippen LogP contribution in [0, 0.1) is 17.9 Å². The second-order valence-electron chi connectivity index (χ2n) is 21.8. The third-order valence-corrected chi connectivity index (χ3v) is 16.7. The van der Waals surface area contributed by atoms with Crippen LogP contribution in [-0.2, 0) is 0 Å². The van der Waals surface area contributed by atoms with Gasteiger partial charge in [0.2, 0.25) is 0 Å². The zero-order valence-electron chi connectivity index (χ0n) is 44.8. The highest BCUT2D eigenvalue weighted by Crippen LogP contribution is 2.56. The quantitative estimate of drug-likeness (QED) is 0.128. The van der Waals surface area contributed by atoms with Crippen molar-refractivity contribution in [3.05, 3.63) is 259 Å². The summed E-state index contributed by atoms with van der Waals surface area (Å²) >= 11 is 0. The Hall–Kier alpha value is -10.4. The minimum absolute atomic E-state index is 0.391. The van der Waals surface area contributed by atoms with E-state index in [9.17, 15) is 5.26 Å². The molecule has 0 aliphatic rings. The van der Waals surface area contributed by atoms with Gasteiger partial charge in [0, 0.05) is 77.0 Å². The molecule has 0 N–H and O–H groups in total. The first-order valence-corrected chi connectivity index (χ1v) is 27.6. The van der Waals surface area contributed by atoms with Gasteiger partial charge in [-0.15, -0.1) is 0 Å². The van der Waals surface area contributed by atoms with Gasteiger partial charge in [0.25, 0.3) is 0 Å². The Morgan fingerprint density at radius 2 is 0.750 bits per heavy atom. The summed E-state index contributed by atoms with van der Waals surface area (Å²) in [7, 11) is 0. The second kappa shape index (κ2) is 18.1. The highest BCUT2D eigenvalue weighted by molar-refractivity contribution is 6.39. The van der Waals surface area contributed by atoms with E-state index < -0.39 is 0 Å². The molecule has 0 saturated carbocycles. The Bertz CT molecular complexity index is 4660. The molecule has 0 aliphatic carbocycles. The van der Waals surface area contributed by atoms with E-state index in [4.69, 9.17) is 6.57 Å². The lowest BCUT2D eigenvalue weighted by molar-refractivity contribution is 0.866. The average Bonchev–Trinajstić information content (AvgIpc) is 4.42. The smallest absolute Gasteiger partial charge is 0.187 e. The summed E-state index contributed by atoms with van der Waals surface area (Å²) < 4.78 is 5.17. The molecule has 378 valence electrons. The number of hydrogen-bond acceptors (Lipinski definition) is 3. The first-order chi connectivity index (χ1) is 39.3. The second-order valence-corrected chi connectivity index (χ2v) is 21.8. The van der Waals surface area contributed by atoms with Gasteiger partial charge in [0.15, 0.2) is 5.69 Å². The van der Waals surface area contributed by atoms with Gasteiger partial charge in [0.05, 0.1) is 62.7 Å². The van der Waals surface area contributed by atoms with Gasteiger partial charge >= 0.3 is 0 Å². The van der Waals surface area contributed by atoms with E-state index in [0.717, 1.165) is 67.1 Å². The van der Waals surface area contributed by atoms with Crippen molar-refractivity contribution in [2.45, 2.75) is 39.5 Å². The third kappa shape index (κ3) is 6.83. The molecule has 6 heteroatoms. The standard InChI is InChI=1S/C74H52N6/c1-45(2)48-30-38-54(39-31-48)77(53-36-28-47(44-75)29-37-53)61-24-14-26-63-67(61)57-20-12-22-59-69-66(51-18-10-7-11-19-51)74-70(65(50-16-8-6-9-17-50)73(69)79(63)71(57)59)60-23-13-21-58-68-62(25-15-27-64(68)80(74)72(58)60)78(56-42-34-52(76-5)35-43-56)55-40-32-49(33-41-55)46(3)4/h6-43,45-46H,1-4H3. The predicted octanol–water partition coefficient (Wildman–Crippen LogP) is 20.9. The Morgan fingerprint density at radius 1 is 0.388 bits per heavy atom. The minimum atomic E-state index is 0.391. The maximum atomic E-state index is 9.91. The molecule has 0 atom stereocenters. The minimum Gasteiger partial charge on any atom is -0.310 e. The zero-order chi connectivity index (χ0) is 53.9. The average molecular weight is 1030 g/mol. The number of hydrogen-bond donors (Lipinski definition) is 0. The van der Waals surface area contributed by atoms with E-state index in [0.29, 0.717) is 23.1 Å². The number of fused-ring (bicyclic) bond motifs is 12. The highest BCUT2D eigenvalue weighted by Gasteiger charge is 2.32. The van der Waals surface area contributed by atoms with Crippen LogP contribution in [-0.4, -0.2) is 8.80 Å². The Morgan fingerprint density at radius 3 is 1.12 bits per heavy atom. The maximum Gasteiger partial charge on any atom is 0.187 e. The molecule has 4 heterocycles. The summed E-state index contributed by atoms with van der Waals surface area (Å²) in [5, 5.41) is 19.4. The summed E-state index contributed by atoms with van der Waals surface area (Å²) in [6.07, 6.45) is 0. The molecule has 4 aromatic heterocycles. The molecule has 0 saturated heterocycles. The van der Waals surface area contributed by atoms with Crippen LogP contribution < -0.4 is 9.80 Å². The number of nitriles is 1. The number of para-hydroxylation sites is 2. The SMILES string of the molecule is [C-]#[N+]c1ccc(N(c2ccc(C(C)C)cc2)c2cccc3c2c2cccc4c5c(-c6ccccc6)c6c(c(-c7ccccc7)c5n3c24)c2cccc3c4c(N(c5ccc(C#N)cc5)c5ccc(C(C)C)cc5)cccc4n6c32)cc1. The normalized spacial score (nSPS) is 11.9.